The van der Waals surface area contributed by atoms with Crippen LogP contribution in [-0.4, -0.2) is 36.0 Å². The van der Waals surface area contributed by atoms with Gasteiger partial charge in [-0.3, -0.25) is 14.9 Å². The Morgan fingerprint density at radius 1 is 1.08 bits per heavy atom. The van der Waals surface area contributed by atoms with Crippen molar-refractivity contribution < 1.29 is 18.4 Å². The molecule has 0 bridgehead atoms. The molecular weight excluding hydrogens is 494 g/mol. The molecule has 2 fully saturated rings. The van der Waals surface area contributed by atoms with Crippen molar-refractivity contribution in [3.8, 4) is 0 Å². The Bertz CT molecular complexity index is 813. The van der Waals surface area contributed by atoms with Crippen LogP contribution in [0.1, 0.15) is 127 Å². The summed E-state index contributed by atoms with van der Waals surface area (Å²) >= 11 is 0. The number of nitrogens with one attached hydrogen (secondary N) is 1. The number of unbranched alkanes of at least 4 members (excludes halogenated alkanes) is 2. The molecular formula is C33H58F2N2O2. The van der Waals surface area contributed by atoms with Crippen LogP contribution in [-0.2, 0) is 9.59 Å². The molecule has 2 heterocycles. The van der Waals surface area contributed by atoms with Crippen molar-refractivity contribution in [3.05, 3.63) is 34.8 Å². The lowest BCUT2D eigenvalue weighted by Crippen LogP contribution is -2.41. The Morgan fingerprint density at radius 2 is 1.72 bits per heavy atom. The Hall–Kier alpha value is -1.98. The van der Waals surface area contributed by atoms with Crippen molar-refractivity contribution in [2.45, 2.75) is 133 Å². The van der Waals surface area contributed by atoms with Crippen LogP contribution in [0.3, 0.4) is 0 Å². The summed E-state index contributed by atoms with van der Waals surface area (Å²) in [6.07, 6.45) is 12.2. The van der Waals surface area contributed by atoms with Gasteiger partial charge in [0.25, 0.3) is 0 Å². The van der Waals surface area contributed by atoms with Crippen LogP contribution in [0.15, 0.2) is 34.8 Å². The standard InChI is InChI=1S/C21H30F2N2O2.C8H18.C4H10/c1-5-6-15(16-7-8-20(26)24-21(16)27)17(22)11-19(13(2)3)25-10-9-14(4)18(23)12-25;1-4-6-7-8(3)5-2;1-3-4-2/h6,11,14,16,18H,5,7-10,12H2,1-4H3,(H,24,26,27);8H,4-7H2,1-3H3;3-4H2,1-2H3/b15-6-,17-11+;;. The van der Waals surface area contributed by atoms with Gasteiger partial charge < -0.3 is 4.90 Å². The number of hydrogen-bond donors (Lipinski definition) is 1. The Labute approximate surface area is 238 Å². The zero-order valence-corrected chi connectivity index (χ0v) is 26.5. The van der Waals surface area contributed by atoms with Crippen molar-refractivity contribution in [2.24, 2.45) is 17.8 Å². The fourth-order valence-corrected chi connectivity index (χ4v) is 4.37. The quantitative estimate of drug-likeness (QED) is 0.217. The summed E-state index contributed by atoms with van der Waals surface area (Å²) in [7, 11) is 0. The molecule has 39 heavy (non-hydrogen) atoms. The predicted octanol–water partition coefficient (Wildman–Crippen LogP) is 9.23. The van der Waals surface area contributed by atoms with Gasteiger partial charge in [-0.15, -0.1) is 0 Å². The molecule has 6 heteroatoms. The van der Waals surface area contributed by atoms with Crippen molar-refractivity contribution in [3.63, 3.8) is 0 Å². The molecule has 2 aliphatic heterocycles. The molecule has 2 amide bonds. The number of carbonyl (C=O) groups is 2. The van der Waals surface area contributed by atoms with Crippen LogP contribution in [0.4, 0.5) is 8.78 Å². The zero-order chi connectivity index (χ0) is 30.0. The largest absolute Gasteiger partial charge is 0.369 e. The first-order valence-corrected chi connectivity index (χ1v) is 15.4. The van der Waals surface area contributed by atoms with Gasteiger partial charge in [-0.05, 0) is 56.6 Å². The van der Waals surface area contributed by atoms with Gasteiger partial charge in [-0.25, -0.2) is 8.78 Å². The number of halogens is 2. The first-order chi connectivity index (χ1) is 18.5. The molecule has 0 radical (unpaired) electrons. The summed E-state index contributed by atoms with van der Waals surface area (Å²) < 4.78 is 29.4. The molecule has 0 aliphatic carbocycles. The number of piperidine rings is 2. The van der Waals surface area contributed by atoms with E-state index in [1.54, 1.807) is 6.08 Å². The lowest BCUT2D eigenvalue weighted by atomic mass is 9.88. The summed E-state index contributed by atoms with van der Waals surface area (Å²) in [6.45, 7) is 19.7. The maximum absolute atomic E-state index is 15.2. The van der Waals surface area contributed by atoms with E-state index >= 15 is 4.39 Å². The smallest absolute Gasteiger partial charge is 0.234 e. The molecule has 2 aliphatic rings. The number of likely N-dealkylation sites (tertiary alicyclic amines) is 1. The number of alkyl halides is 1. The van der Waals surface area contributed by atoms with Crippen molar-refractivity contribution in [1.29, 1.82) is 0 Å². The van der Waals surface area contributed by atoms with Crippen LogP contribution in [0.5, 0.6) is 0 Å². The Morgan fingerprint density at radius 3 is 2.18 bits per heavy atom. The number of nitrogens with zero attached hydrogens (tertiary/aromatic N) is 1. The molecule has 4 unspecified atom stereocenters. The van der Waals surface area contributed by atoms with Gasteiger partial charge in [0, 0.05) is 25.2 Å². The van der Waals surface area contributed by atoms with Gasteiger partial charge in [-0.1, -0.05) is 98.6 Å². The highest BCUT2D eigenvalue weighted by molar-refractivity contribution is 6.00. The minimum absolute atomic E-state index is 0.00695. The first-order valence-electron chi connectivity index (χ1n) is 15.4. The predicted molar refractivity (Wildman–Crippen MR) is 162 cm³/mol. The third-order valence-electron chi connectivity index (χ3n) is 7.54. The fraction of sp³-hybridized carbons (Fsp3) is 0.758. The van der Waals surface area contributed by atoms with Crippen molar-refractivity contribution >= 4 is 11.8 Å². The van der Waals surface area contributed by atoms with Crippen molar-refractivity contribution in [2.75, 3.05) is 13.1 Å². The molecule has 4 nitrogen and oxygen atoms in total. The Kier molecular flexibility index (Phi) is 19.8. The second-order valence-electron chi connectivity index (χ2n) is 11.3. The molecule has 0 saturated carbocycles. The van der Waals surface area contributed by atoms with E-state index in [9.17, 15) is 14.0 Å². The van der Waals surface area contributed by atoms with E-state index in [0.717, 1.165) is 17.9 Å². The maximum atomic E-state index is 15.2. The van der Waals surface area contributed by atoms with Gasteiger partial charge in [0.15, 0.2) is 0 Å². The molecule has 2 rings (SSSR count). The van der Waals surface area contributed by atoms with E-state index in [0.29, 0.717) is 30.7 Å². The number of rotatable bonds is 10. The molecule has 0 spiro atoms. The van der Waals surface area contributed by atoms with Crippen LogP contribution in [0, 0.1) is 17.8 Å². The summed E-state index contributed by atoms with van der Waals surface area (Å²) in [4.78, 5) is 25.5. The number of amides is 2. The van der Waals surface area contributed by atoms with E-state index in [-0.39, 0.29) is 24.8 Å². The average molecular weight is 553 g/mol. The van der Waals surface area contributed by atoms with Crippen molar-refractivity contribution in [1.82, 2.24) is 10.2 Å². The van der Waals surface area contributed by atoms with Gasteiger partial charge >= 0.3 is 0 Å². The average Bonchev–Trinajstić information content (AvgIpc) is 2.91. The summed E-state index contributed by atoms with van der Waals surface area (Å²) in [5, 5.41) is 2.29. The van der Waals surface area contributed by atoms with Gasteiger partial charge in [0.1, 0.15) is 12.0 Å². The van der Waals surface area contributed by atoms with E-state index in [4.69, 9.17) is 0 Å². The molecule has 0 aromatic heterocycles. The number of hydrogen-bond acceptors (Lipinski definition) is 3. The SMILES string of the molecule is CC/C=C(\C(F)=C/C(=C(C)C)N1CCC(C)C(F)C1)C1CCC(=O)NC1=O.CCCC.CCCCC(C)CC. The molecule has 226 valence electrons. The van der Waals surface area contributed by atoms with Gasteiger partial charge in [0.2, 0.25) is 11.8 Å². The second kappa shape index (κ2) is 20.9. The number of imide groups is 1. The number of carbonyl (C=O) groups excluding carboxylic acids is 2. The molecule has 1 N–H and O–H groups in total. The van der Waals surface area contributed by atoms with Gasteiger partial charge in [0.05, 0.1) is 5.92 Å². The van der Waals surface area contributed by atoms with E-state index < -0.39 is 23.8 Å². The highest BCUT2D eigenvalue weighted by Gasteiger charge is 2.32. The third kappa shape index (κ3) is 14.3. The summed E-state index contributed by atoms with van der Waals surface area (Å²) in [5.74, 6) is -0.978. The molecule has 0 aromatic carbocycles. The minimum atomic E-state index is -0.939. The van der Waals surface area contributed by atoms with Crippen LogP contribution in [0.2, 0.25) is 0 Å². The van der Waals surface area contributed by atoms with Crippen LogP contribution in [0.25, 0.3) is 0 Å². The monoisotopic (exact) mass is 552 g/mol. The summed E-state index contributed by atoms with van der Waals surface area (Å²) in [5.41, 5.74) is 1.87. The van der Waals surface area contributed by atoms with Crippen LogP contribution < -0.4 is 5.32 Å². The lowest BCUT2D eigenvalue weighted by molar-refractivity contribution is -0.135. The number of allylic oxidation sites excluding steroid dienone is 4. The topological polar surface area (TPSA) is 49.4 Å². The second-order valence-corrected chi connectivity index (χ2v) is 11.3. The minimum Gasteiger partial charge on any atom is -0.369 e. The highest BCUT2D eigenvalue weighted by Crippen LogP contribution is 2.31. The normalized spacial score (nSPS) is 22.6. The maximum Gasteiger partial charge on any atom is 0.234 e. The van der Waals surface area contributed by atoms with Crippen LogP contribution >= 0.6 is 0 Å². The van der Waals surface area contributed by atoms with Gasteiger partial charge in [-0.2, -0.15) is 0 Å². The van der Waals surface area contributed by atoms with E-state index in [2.05, 4.69) is 39.9 Å². The van der Waals surface area contributed by atoms with E-state index in [1.165, 1.54) is 44.6 Å². The fourth-order valence-electron chi connectivity index (χ4n) is 4.37. The lowest BCUT2D eigenvalue weighted by Gasteiger charge is -2.36. The molecule has 4 atom stereocenters. The third-order valence-corrected chi connectivity index (χ3v) is 7.54. The molecule has 2 saturated heterocycles. The zero-order valence-electron chi connectivity index (χ0n) is 26.5. The first kappa shape index (κ1) is 37.0. The highest BCUT2D eigenvalue weighted by atomic mass is 19.1. The Balaban J connectivity index is 0.00000101. The summed E-state index contributed by atoms with van der Waals surface area (Å²) in [6, 6.07) is 0. The molecule has 0 aromatic rings. The van der Waals surface area contributed by atoms with E-state index in [1.807, 2.05) is 32.6 Å².